The van der Waals surface area contributed by atoms with E-state index in [1.54, 1.807) is 17.4 Å². The van der Waals surface area contributed by atoms with Gasteiger partial charge in [0, 0.05) is 17.3 Å². The number of rotatable bonds is 6. The fraction of sp³-hybridized carbons (Fsp3) is 0.438. The monoisotopic (exact) mass is 308 g/mol. The molecule has 2 aromatic rings. The van der Waals surface area contributed by atoms with Crippen LogP contribution in [0.3, 0.4) is 0 Å². The number of thiazole rings is 1. The molecule has 0 aliphatic rings. The number of halogens is 1. The lowest BCUT2D eigenvalue weighted by molar-refractivity contribution is 0.286. The normalized spacial score (nSPS) is 12.7. The lowest BCUT2D eigenvalue weighted by Gasteiger charge is -2.09. The van der Waals surface area contributed by atoms with E-state index in [-0.39, 0.29) is 24.2 Å². The van der Waals surface area contributed by atoms with Crippen molar-refractivity contribution in [2.24, 2.45) is 5.73 Å². The predicted octanol–water partition coefficient (Wildman–Crippen LogP) is 3.87. The Morgan fingerprint density at radius 3 is 2.67 bits per heavy atom. The second kappa shape index (κ2) is 7.00. The highest BCUT2D eigenvalue weighted by molar-refractivity contribution is 7.09. The number of nitrogens with two attached hydrogens (primary N) is 1. The van der Waals surface area contributed by atoms with Crippen LogP contribution < -0.4 is 10.5 Å². The van der Waals surface area contributed by atoms with Gasteiger partial charge in [0.1, 0.15) is 6.61 Å². The van der Waals surface area contributed by atoms with Crippen LogP contribution in [0.2, 0.25) is 0 Å². The maximum absolute atomic E-state index is 14.0. The number of hydrogen-bond acceptors (Lipinski definition) is 4. The fourth-order valence-electron chi connectivity index (χ4n) is 1.97. The summed E-state index contributed by atoms with van der Waals surface area (Å²) < 4.78 is 19.5. The van der Waals surface area contributed by atoms with Crippen molar-refractivity contribution in [1.29, 1.82) is 0 Å². The summed E-state index contributed by atoms with van der Waals surface area (Å²) in [6.07, 6.45) is 0.654. The molecular weight excluding hydrogens is 287 g/mol. The Morgan fingerprint density at radius 1 is 1.33 bits per heavy atom. The van der Waals surface area contributed by atoms with Crippen molar-refractivity contribution in [3.63, 3.8) is 0 Å². The molecule has 1 aromatic carbocycles. The van der Waals surface area contributed by atoms with E-state index >= 15 is 0 Å². The van der Waals surface area contributed by atoms with E-state index in [0.29, 0.717) is 12.3 Å². The van der Waals surface area contributed by atoms with Gasteiger partial charge in [0.15, 0.2) is 11.6 Å². The van der Waals surface area contributed by atoms with Crippen molar-refractivity contribution >= 4 is 11.3 Å². The average molecular weight is 308 g/mol. The molecule has 0 aliphatic heterocycles. The summed E-state index contributed by atoms with van der Waals surface area (Å²) in [7, 11) is 0. The maximum Gasteiger partial charge on any atom is 0.165 e. The Morgan fingerprint density at radius 2 is 2.10 bits per heavy atom. The van der Waals surface area contributed by atoms with Gasteiger partial charge in [-0.25, -0.2) is 9.37 Å². The first-order valence-corrected chi connectivity index (χ1v) is 7.94. The summed E-state index contributed by atoms with van der Waals surface area (Å²) in [5, 5.41) is 3.03. The van der Waals surface area contributed by atoms with Gasteiger partial charge in [-0.2, -0.15) is 0 Å². The maximum atomic E-state index is 14.0. The topological polar surface area (TPSA) is 48.1 Å². The quantitative estimate of drug-likeness (QED) is 0.881. The van der Waals surface area contributed by atoms with Crippen LogP contribution in [-0.4, -0.2) is 11.0 Å². The van der Waals surface area contributed by atoms with Gasteiger partial charge in [0.05, 0.1) is 10.7 Å². The average Bonchev–Trinajstić information content (AvgIpc) is 2.86. The molecule has 0 saturated heterocycles. The van der Waals surface area contributed by atoms with Crippen LogP contribution in [0.1, 0.15) is 43.0 Å². The third-order valence-electron chi connectivity index (χ3n) is 2.99. The molecule has 114 valence electrons. The summed E-state index contributed by atoms with van der Waals surface area (Å²) in [5.74, 6) is 0.299. The fourth-order valence-corrected chi connectivity index (χ4v) is 2.79. The zero-order valence-electron chi connectivity index (χ0n) is 12.6. The molecule has 1 heterocycles. The molecule has 0 bridgehead atoms. The molecule has 21 heavy (non-hydrogen) atoms. The minimum atomic E-state index is -0.354. The number of ether oxygens (including phenoxy) is 1. The Balaban J connectivity index is 1.99. The molecule has 2 N–H and O–H groups in total. The molecule has 2 rings (SSSR count). The highest BCUT2D eigenvalue weighted by Gasteiger charge is 2.09. The van der Waals surface area contributed by atoms with Crippen LogP contribution in [0.25, 0.3) is 0 Å². The van der Waals surface area contributed by atoms with Crippen LogP contribution in [0.5, 0.6) is 5.75 Å². The minimum Gasteiger partial charge on any atom is -0.484 e. The SMILES string of the molecule is CC(N)Cc1ccc(OCc2csc(C(C)C)n2)c(F)c1. The van der Waals surface area contributed by atoms with E-state index < -0.39 is 0 Å². The van der Waals surface area contributed by atoms with Gasteiger partial charge in [-0.15, -0.1) is 11.3 Å². The molecule has 0 amide bonds. The van der Waals surface area contributed by atoms with Gasteiger partial charge < -0.3 is 10.5 Å². The van der Waals surface area contributed by atoms with E-state index in [0.717, 1.165) is 16.3 Å². The lowest BCUT2D eigenvalue weighted by Crippen LogP contribution is -2.17. The van der Waals surface area contributed by atoms with Crippen LogP contribution in [-0.2, 0) is 13.0 Å². The molecule has 3 nitrogen and oxygen atoms in total. The summed E-state index contributed by atoms with van der Waals surface area (Å²) in [5.41, 5.74) is 7.43. The lowest BCUT2D eigenvalue weighted by atomic mass is 10.1. The van der Waals surface area contributed by atoms with Gasteiger partial charge in [-0.1, -0.05) is 19.9 Å². The molecule has 0 fully saturated rings. The first kappa shape index (κ1) is 15.9. The van der Waals surface area contributed by atoms with Gasteiger partial charge in [-0.05, 0) is 31.0 Å². The van der Waals surface area contributed by atoms with Gasteiger partial charge in [-0.3, -0.25) is 0 Å². The van der Waals surface area contributed by atoms with Gasteiger partial charge >= 0.3 is 0 Å². The Bertz CT molecular complexity index is 596. The molecule has 0 radical (unpaired) electrons. The van der Waals surface area contributed by atoms with E-state index in [4.69, 9.17) is 10.5 Å². The largest absolute Gasteiger partial charge is 0.484 e. The minimum absolute atomic E-state index is 0.0145. The number of benzene rings is 1. The molecule has 0 spiro atoms. The van der Waals surface area contributed by atoms with Crippen molar-refractivity contribution in [1.82, 2.24) is 4.98 Å². The third kappa shape index (κ3) is 4.51. The second-order valence-corrected chi connectivity index (χ2v) is 6.46. The molecule has 1 atom stereocenters. The predicted molar refractivity (Wildman–Crippen MR) is 84.3 cm³/mol. The zero-order valence-corrected chi connectivity index (χ0v) is 13.4. The van der Waals surface area contributed by atoms with Crippen LogP contribution in [0.15, 0.2) is 23.6 Å². The molecule has 0 saturated carbocycles. The molecule has 1 unspecified atom stereocenters. The second-order valence-electron chi connectivity index (χ2n) is 5.57. The smallest absolute Gasteiger partial charge is 0.165 e. The Hall–Kier alpha value is -1.46. The van der Waals surface area contributed by atoms with Gasteiger partial charge in [0.25, 0.3) is 0 Å². The van der Waals surface area contributed by atoms with E-state index in [2.05, 4.69) is 18.8 Å². The number of nitrogens with zero attached hydrogens (tertiary/aromatic N) is 1. The van der Waals surface area contributed by atoms with E-state index in [9.17, 15) is 4.39 Å². The summed E-state index contributed by atoms with van der Waals surface area (Å²) in [6, 6.07) is 5.00. The van der Waals surface area contributed by atoms with Crippen molar-refractivity contribution in [2.45, 2.75) is 45.8 Å². The van der Waals surface area contributed by atoms with Crippen LogP contribution in [0.4, 0.5) is 4.39 Å². The van der Waals surface area contributed by atoms with E-state index in [1.165, 1.54) is 6.07 Å². The van der Waals surface area contributed by atoms with Crippen LogP contribution in [0, 0.1) is 5.82 Å². The molecule has 1 aromatic heterocycles. The van der Waals surface area contributed by atoms with Gasteiger partial charge in [0.2, 0.25) is 0 Å². The summed E-state index contributed by atoms with van der Waals surface area (Å²) >= 11 is 1.61. The Kier molecular flexibility index (Phi) is 5.31. The highest BCUT2D eigenvalue weighted by atomic mass is 32.1. The number of aromatic nitrogens is 1. The van der Waals surface area contributed by atoms with Crippen molar-refractivity contribution in [2.75, 3.05) is 0 Å². The Labute approximate surface area is 129 Å². The highest BCUT2D eigenvalue weighted by Crippen LogP contribution is 2.22. The molecule has 0 aliphatic carbocycles. The van der Waals surface area contributed by atoms with Crippen molar-refractivity contribution < 1.29 is 9.13 Å². The molecular formula is C16H21FN2OS. The first-order valence-electron chi connectivity index (χ1n) is 7.06. The first-order chi connectivity index (χ1) is 9.95. The number of hydrogen-bond donors (Lipinski definition) is 1. The molecule has 5 heteroatoms. The summed E-state index contributed by atoms with van der Waals surface area (Å²) in [6.45, 7) is 6.38. The zero-order chi connectivity index (χ0) is 15.4. The van der Waals surface area contributed by atoms with Crippen molar-refractivity contribution in [3.8, 4) is 5.75 Å². The third-order valence-corrected chi connectivity index (χ3v) is 4.19. The standard InChI is InChI=1S/C16H21FN2OS/c1-10(2)16-19-13(9-21-16)8-20-15-5-4-12(6-11(3)18)7-14(15)17/h4-5,7,9-11H,6,8,18H2,1-3H3. The van der Waals surface area contributed by atoms with Crippen LogP contribution >= 0.6 is 11.3 Å². The van der Waals surface area contributed by atoms with Crippen molar-refractivity contribution in [3.05, 3.63) is 45.7 Å². The van der Waals surface area contributed by atoms with E-state index in [1.807, 2.05) is 18.4 Å². The summed E-state index contributed by atoms with van der Waals surface area (Å²) in [4.78, 5) is 4.47.